The van der Waals surface area contributed by atoms with Crippen LogP contribution in [0.25, 0.3) is 16.8 Å². The van der Waals surface area contributed by atoms with E-state index in [2.05, 4.69) is 20.4 Å². The molecule has 0 bridgehead atoms. The minimum absolute atomic E-state index is 0.0000244. The molecule has 4 aromatic rings. The number of aromatic amines is 1. The number of imidazole rings is 1. The maximum absolute atomic E-state index is 11.0. The molecule has 10 nitrogen and oxygen atoms in total. The fourth-order valence-electron chi connectivity index (χ4n) is 2.48. The van der Waals surface area contributed by atoms with Crippen molar-refractivity contribution in [2.45, 2.75) is 0 Å². The Morgan fingerprint density at radius 1 is 1.20 bits per heavy atom. The second-order valence-electron chi connectivity index (χ2n) is 5.26. The Kier molecular flexibility index (Phi) is 3.10. The number of carboxylic acids is 1. The third kappa shape index (κ3) is 2.51. The van der Waals surface area contributed by atoms with E-state index < -0.39 is 10.9 Å². The smallest absolute Gasteiger partial charge is 0.335 e. The molecule has 10 heteroatoms. The number of hydrogen-bond acceptors (Lipinski definition) is 6. The molecule has 0 aliphatic carbocycles. The van der Waals surface area contributed by atoms with Gasteiger partial charge in [0.25, 0.3) is 11.5 Å². The zero-order chi connectivity index (χ0) is 17.6. The lowest BCUT2D eigenvalue weighted by molar-refractivity contribution is -0.384. The number of carbonyl (C=O) groups is 1. The van der Waals surface area contributed by atoms with Crippen LogP contribution in [0.15, 0.2) is 42.5 Å². The molecule has 2 aromatic heterocycles. The number of anilines is 2. The van der Waals surface area contributed by atoms with Crippen molar-refractivity contribution in [1.29, 1.82) is 0 Å². The first-order valence-corrected chi connectivity index (χ1v) is 7.14. The molecule has 2 heterocycles. The number of nitro groups is 1. The first-order chi connectivity index (χ1) is 12.0. The summed E-state index contributed by atoms with van der Waals surface area (Å²) in [6.07, 6.45) is 0. The number of rotatable bonds is 4. The molecular weight excluding hydrogens is 328 g/mol. The van der Waals surface area contributed by atoms with Crippen molar-refractivity contribution >= 4 is 40.1 Å². The van der Waals surface area contributed by atoms with Gasteiger partial charge in [0, 0.05) is 17.8 Å². The van der Waals surface area contributed by atoms with E-state index in [1.807, 2.05) is 0 Å². The zero-order valence-electron chi connectivity index (χ0n) is 12.5. The number of nitrogens with zero attached hydrogens (tertiary/aromatic N) is 4. The molecule has 0 radical (unpaired) electrons. The lowest BCUT2D eigenvalue weighted by Crippen LogP contribution is -1.96. The highest BCUT2D eigenvalue weighted by molar-refractivity contribution is 5.93. The quantitative estimate of drug-likeness (QED) is 0.384. The van der Waals surface area contributed by atoms with Crippen LogP contribution in [-0.2, 0) is 0 Å². The Bertz CT molecular complexity index is 1130. The third-order valence-electron chi connectivity index (χ3n) is 3.65. The van der Waals surface area contributed by atoms with Crippen LogP contribution < -0.4 is 5.32 Å². The van der Waals surface area contributed by atoms with Gasteiger partial charge < -0.3 is 10.4 Å². The summed E-state index contributed by atoms with van der Waals surface area (Å²) in [7, 11) is 0. The molecule has 0 saturated heterocycles. The highest BCUT2D eigenvalue weighted by atomic mass is 16.6. The summed E-state index contributed by atoms with van der Waals surface area (Å²) < 4.78 is 1.62. The number of aromatic nitrogens is 4. The summed E-state index contributed by atoms with van der Waals surface area (Å²) in [6, 6.07) is 10.5. The minimum Gasteiger partial charge on any atom is -0.478 e. The van der Waals surface area contributed by atoms with Crippen LogP contribution in [-0.4, -0.2) is 35.6 Å². The Labute approximate surface area is 138 Å². The number of fused-ring (bicyclic) bond motifs is 3. The van der Waals surface area contributed by atoms with Gasteiger partial charge in [-0.15, -0.1) is 0 Å². The van der Waals surface area contributed by atoms with Gasteiger partial charge in [0.1, 0.15) is 0 Å². The van der Waals surface area contributed by atoms with E-state index in [4.69, 9.17) is 5.11 Å². The lowest BCUT2D eigenvalue weighted by atomic mass is 10.2. The van der Waals surface area contributed by atoms with Gasteiger partial charge in [-0.2, -0.15) is 4.98 Å². The molecule has 3 N–H and O–H groups in total. The number of H-pyrrole nitrogens is 1. The molecule has 4 rings (SSSR count). The van der Waals surface area contributed by atoms with Crippen molar-refractivity contribution in [3.63, 3.8) is 0 Å². The number of benzene rings is 2. The van der Waals surface area contributed by atoms with Crippen LogP contribution in [0.3, 0.4) is 0 Å². The SMILES string of the molecule is O=C(O)c1ccc2c(c1)nc1nc(Nc3ccc([N+](=O)[O-])cc3)[nH]n12. The maximum Gasteiger partial charge on any atom is 0.335 e. The lowest BCUT2D eigenvalue weighted by Gasteiger charge is -2.01. The molecule has 0 spiro atoms. The summed E-state index contributed by atoms with van der Waals surface area (Å²) in [4.78, 5) is 29.8. The number of nitrogens with one attached hydrogen (secondary N) is 2. The number of hydrogen-bond donors (Lipinski definition) is 3. The Morgan fingerprint density at radius 3 is 2.64 bits per heavy atom. The predicted molar refractivity (Wildman–Crippen MR) is 88.2 cm³/mol. The van der Waals surface area contributed by atoms with Crippen molar-refractivity contribution < 1.29 is 14.8 Å². The molecule has 2 aromatic carbocycles. The Balaban J connectivity index is 1.67. The van der Waals surface area contributed by atoms with Gasteiger partial charge in [-0.25, -0.2) is 14.3 Å². The van der Waals surface area contributed by atoms with Crippen LogP contribution in [0, 0.1) is 10.1 Å². The molecule has 124 valence electrons. The van der Waals surface area contributed by atoms with Crippen molar-refractivity contribution in [2.24, 2.45) is 0 Å². The van der Waals surface area contributed by atoms with Crippen LogP contribution in [0.1, 0.15) is 10.4 Å². The molecule has 0 aliphatic rings. The van der Waals surface area contributed by atoms with Gasteiger partial charge in [-0.3, -0.25) is 15.2 Å². The van der Waals surface area contributed by atoms with E-state index in [0.29, 0.717) is 28.4 Å². The summed E-state index contributed by atoms with van der Waals surface area (Å²) in [5, 5.41) is 25.7. The second-order valence-corrected chi connectivity index (χ2v) is 5.26. The topological polar surface area (TPSA) is 138 Å². The van der Waals surface area contributed by atoms with Gasteiger partial charge in [0.15, 0.2) is 0 Å². The third-order valence-corrected chi connectivity index (χ3v) is 3.65. The van der Waals surface area contributed by atoms with E-state index in [-0.39, 0.29) is 11.3 Å². The predicted octanol–water partition coefficient (Wildman–Crippen LogP) is 2.56. The first-order valence-electron chi connectivity index (χ1n) is 7.14. The number of nitro benzene ring substituents is 1. The molecule has 0 aliphatic heterocycles. The van der Waals surface area contributed by atoms with Crippen LogP contribution in [0.4, 0.5) is 17.3 Å². The van der Waals surface area contributed by atoms with Crippen LogP contribution in [0.2, 0.25) is 0 Å². The van der Waals surface area contributed by atoms with E-state index in [9.17, 15) is 14.9 Å². The first kappa shape index (κ1) is 14.6. The molecule has 0 amide bonds. The number of non-ortho nitro benzene ring substituents is 1. The Morgan fingerprint density at radius 2 is 1.96 bits per heavy atom. The standard InChI is InChI=1S/C15H10N6O4/c22-13(23)8-1-6-12-11(7-8)17-15-18-14(19-20(12)15)16-9-2-4-10(5-3-9)21(24)25/h1-7H,(H,22,23)(H2,16,17,18,19). The monoisotopic (exact) mass is 338 g/mol. The van der Waals surface area contributed by atoms with Crippen LogP contribution >= 0.6 is 0 Å². The molecule has 25 heavy (non-hydrogen) atoms. The highest BCUT2D eigenvalue weighted by Crippen LogP contribution is 2.21. The summed E-state index contributed by atoms with van der Waals surface area (Å²) in [5.74, 6) is -0.241. The average Bonchev–Trinajstić information content (AvgIpc) is 3.11. The molecule has 0 unspecified atom stereocenters. The maximum atomic E-state index is 11.0. The van der Waals surface area contributed by atoms with E-state index >= 15 is 0 Å². The van der Waals surface area contributed by atoms with Crippen LogP contribution in [0.5, 0.6) is 0 Å². The fraction of sp³-hybridized carbons (Fsp3) is 0. The Hall–Kier alpha value is -3.95. The van der Waals surface area contributed by atoms with Crippen molar-refractivity contribution in [2.75, 3.05) is 5.32 Å². The van der Waals surface area contributed by atoms with Gasteiger partial charge in [-0.05, 0) is 30.3 Å². The van der Waals surface area contributed by atoms with Gasteiger partial charge >= 0.3 is 5.97 Å². The summed E-state index contributed by atoms with van der Waals surface area (Å²) >= 11 is 0. The largest absolute Gasteiger partial charge is 0.478 e. The summed E-state index contributed by atoms with van der Waals surface area (Å²) in [5.41, 5.74) is 1.97. The van der Waals surface area contributed by atoms with Crippen molar-refractivity contribution in [3.8, 4) is 0 Å². The van der Waals surface area contributed by atoms with E-state index in [1.54, 1.807) is 22.7 Å². The minimum atomic E-state index is -1.02. The highest BCUT2D eigenvalue weighted by Gasteiger charge is 2.12. The van der Waals surface area contributed by atoms with Gasteiger partial charge in [0.05, 0.1) is 21.5 Å². The van der Waals surface area contributed by atoms with Crippen molar-refractivity contribution in [3.05, 3.63) is 58.1 Å². The average molecular weight is 338 g/mol. The van der Waals surface area contributed by atoms with E-state index in [0.717, 1.165) is 0 Å². The van der Waals surface area contributed by atoms with E-state index in [1.165, 1.54) is 24.3 Å². The molecule has 0 saturated carbocycles. The number of aromatic carboxylic acids is 1. The number of carboxylic acid groups (broad SMARTS) is 1. The van der Waals surface area contributed by atoms with Gasteiger partial charge in [-0.1, -0.05) is 0 Å². The van der Waals surface area contributed by atoms with Gasteiger partial charge in [0.2, 0.25) is 5.95 Å². The molecule has 0 atom stereocenters. The molecule has 0 fully saturated rings. The summed E-state index contributed by atoms with van der Waals surface area (Å²) in [6.45, 7) is 0. The fourth-order valence-corrected chi connectivity index (χ4v) is 2.48. The normalized spacial score (nSPS) is 11.0. The second kappa shape index (κ2) is 5.30. The van der Waals surface area contributed by atoms with Crippen molar-refractivity contribution in [1.82, 2.24) is 19.6 Å². The molecular formula is C15H10N6O4. The zero-order valence-corrected chi connectivity index (χ0v) is 12.5.